The number of aromatic nitrogens is 2. The van der Waals surface area contributed by atoms with E-state index < -0.39 is 0 Å². The molecule has 0 saturated heterocycles. The molecule has 0 bridgehead atoms. The lowest BCUT2D eigenvalue weighted by Crippen LogP contribution is -1.98. The van der Waals surface area contributed by atoms with Gasteiger partial charge < -0.3 is 10.5 Å². The normalized spacial score (nSPS) is 10.3. The van der Waals surface area contributed by atoms with E-state index in [2.05, 4.69) is 9.97 Å². The average molecular weight is 229 g/mol. The van der Waals surface area contributed by atoms with Gasteiger partial charge in [-0.25, -0.2) is 9.97 Å². The van der Waals surface area contributed by atoms with Gasteiger partial charge in [-0.3, -0.25) is 0 Å². The Morgan fingerprint density at radius 2 is 1.88 bits per heavy atom. The van der Waals surface area contributed by atoms with Crippen LogP contribution in [0.25, 0.3) is 11.3 Å². The quantitative estimate of drug-likeness (QED) is 0.858. The van der Waals surface area contributed by atoms with Crippen LogP contribution >= 0.6 is 0 Å². The fraction of sp³-hybridized carbons (Fsp3) is 0.231. The Kier molecular flexibility index (Phi) is 2.95. The standard InChI is InChI=1S/C13H15N3O/c1-8-9(2)12(17-3)5-4-10(8)11-6-7-15-13(14)16-11/h4-7H,1-3H3,(H2,14,15,16). The Balaban J connectivity index is 2.57. The zero-order valence-electron chi connectivity index (χ0n) is 10.2. The molecule has 0 unspecified atom stereocenters. The Bertz CT molecular complexity index is 552. The zero-order chi connectivity index (χ0) is 12.4. The summed E-state index contributed by atoms with van der Waals surface area (Å²) < 4.78 is 5.28. The first-order chi connectivity index (χ1) is 8.13. The Morgan fingerprint density at radius 1 is 1.12 bits per heavy atom. The first kappa shape index (κ1) is 11.4. The summed E-state index contributed by atoms with van der Waals surface area (Å²) in [6, 6.07) is 5.78. The van der Waals surface area contributed by atoms with Crippen molar-refractivity contribution in [3.05, 3.63) is 35.5 Å². The van der Waals surface area contributed by atoms with Crippen LogP contribution in [0.5, 0.6) is 5.75 Å². The van der Waals surface area contributed by atoms with Gasteiger partial charge in [0.05, 0.1) is 12.8 Å². The van der Waals surface area contributed by atoms with Gasteiger partial charge in [0.1, 0.15) is 5.75 Å². The van der Waals surface area contributed by atoms with Gasteiger partial charge in [-0.05, 0) is 43.2 Å². The third-order valence-electron chi connectivity index (χ3n) is 2.91. The molecule has 0 spiro atoms. The maximum atomic E-state index is 5.59. The number of hydrogen-bond donors (Lipinski definition) is 1. The van der Waals surface area contributed by atoms with E-state index >= 15 is 0 Å². The second-order valence-corrected chi connectivity index (χ2v) is 3.87. The van der Waals surface area contributed by atoms with Gasteiger partial charge in [0.15, 0.2) is 0 Å². The predicted molar refractivity (Wildman–Crippen MR) is 67.9 cm³/mol. The number of ether oxygens (including phenoxy) is 1. The van der Waals surface area contributed by atoms with Gasteiger partial charge in [-0.2, -0.15) is 0 Å². The van der Waals surface area contributed by atoms with Gasteiger partial charge in [-0.15, -0.1) is 0 Å². The van der Waals surface area contributed by atoms with Crippen LogP contribution < -0.4 is 10.5 Å². The number of methoxy groups -OCH3 is 1. The van der Waals surface area contributed by atoms with Crippen molar-refractivity contribution in [1.29, 1.82) is 0 Å². The van der Waals surface area contributed by atoms with Crippen LogP contribution in [0.2, 0.25) is 0 Å². The highest BCUT2D eigenvalue weighted by Gasteiger charge is 2.09. The highest BCUT2D eigenvalue weighted by molar-refractivity contribution is 5.67. The third-order valence-corrected chi connectivity index (χ3v) is 2.91. The molecule has 0 aliphatic heterocycles. The molecular weight excluding hydrogens is 214 g/mol. The molecule has 0 fully saturated rings. The number of rotatable bonds is 2. The van der Waals surface area contributed by atoms with E-state index in [1.807, 2.05) is 32.0 Å². The molecule has 1 aromatic heterocycles. The Hall–Kier alpha value is -2.10. The monoisotopic (exact) mass is 229 g/mol. The van der Waals surface area contributed by atoms with Crippen LogP contribution in [0.4, 0.5) is 5.95 Å². The van der Waals surface area contributed by atoms with E-state index in [9.17, 15) is 0 Å². The minimum Gasteiger partial charge on any atom is -0.496 e. The zero-order valence-corrected chi connectivity index (χ0v) is 10.2. The lowest BCUT2D eigenvalue weighted by atomic mass is 10.00. The number of hydrogen-bond acceptors (Lipinski definition) is 4. The topological polar surface area (TPSA) is 61.0 Å². The van der Waals surface area contributed by atoms with Crippen molar-refractivity contribution in [2.75, 3.05) is 12.8 Å². The first-order valence-corrected chi connectivity index (χ1v) is 5.36. The van der Waals surface area contributed by atoms with E-state index in [1.54, 1.807) is 13.3 Å². The first-order valence-electron chi connectivity index (χ1n) is 5.36. The Labute approximate surface area is 100 Å². The second-order valence-electron chi connectivity index (χ2n) is 3.87. The van der Waals surface area contributed by atoms with Crippen LogP contribution in [0.3, 0.4) is 0 Å². The highest BCUT2D eigenvalue weighted by Crippen LogP contribution is 2.29. The van der Waals surface area contributed by atoms with Gasteiger partial charge >= 0.3 is 0 Å². The molecule has 0 amide bonds. The number of nitrogens with zero attached hydrogens (tertiary/aromatic N) is 2. The number of anilines is 1. The summed E-state index contributed by atoms with van der Waals surface area (Å²) in [6.45, 7) is 4.08. The molecule has 2 N–H and O–H groups in total. The molecule has 0 aliphatic carbocycles. The molecule has 2 rings (SSSR count). The van der Waals surface area contributed by atoms with Crippen LogP contribution in [0.15, 0.2) is 24.4 Å². The van der Waals surface area contributed by atoms with Crippen molar-refractivity contribution >= 4 is 5.95 Å². The number of nitrogens with two attached hydrogens (primary N) is 1. The number of benzene rings is 1. The van der Waals surface area contributed by atoms with Gasteiger partial charge in [0, 0.05) is 11.8 Å². The summed E-state index contributed by atoms with van der Waals surface area (Å²) in [5.74, 6) is 1.17. The van der Waals surface area contributed by atoms with Crippen molar-refractivity contribution in [3.63, 3.8) is 0 Å². The highest BCUT2D eigenvalue weighted by atomic mass is 16.5. The molecule has 17 heavy (non-hydrogen) atoms. The van der Waals surface area contributed by atoms with Crippen LogP contribution in [0, 0.1) is 13.8 Å². The smallest absolute Gasteiger partial charge is 0.220 e. The third kappa shape index (κ3) is 2.06. The summed E-state index contributed by atoms with van der Waals surface area (Å²) in [5, 5.41) is 0. The van der Waals surface area contributed by atoms with Crippen molar-refractivity contribution in [3.8, 4) is 17.0 Å². The molecule has 88 valence electrons. The molecule has 0 atom stereocenters. The predicted octanol–water partition coefficient (Wildman–Crippen LogP) is 2.35. The van der Waals surface area contributed by atoms with E-state index in [0.29, 0.717) is 0 Å². The van der Waals surface area contributed by atoms with Crippen molar-refractivity contribution in [1.82, 2.24) is 9.97 Å². The molecule has 0 radical (unpaired) electrons. The van der Waals surface area contributed by atoms with Crippen LogP contribution in [0.1, 0.15) is 11.1 Å². The maximum Gasteiger partial charge on any atom is 0.220 e. The average Bonchev–Trinajstić information content (AvgIpc) is 2.32. The van der Waals surface area contributed by atoms with Crippen LogP contribution in [-0.4, -0.2) is 17.1 Å². The molecule has 0 saturated carbocycles. The van der Waals surface area contributed by atoms with Crippen molar-refractivity contribution in [2.24, 2.45) is 0 Å². The fourth-order valence-electron chi connectivity index (χ4n) is 1.82. The summed E-state index contributed by atoms with van der Waals surface area (Å²) in [6.07, 6.45) is 1.66. The van der Waals surface area contributed by atoms with Gasteiger partial charge in [0.2, 0.25) is 5.95 Å². The SMILES string of the molecule is COc1ccc(-c2ccnc(N)n2)c(C)c1C. The van der Waals surface area contributed by atoms with Crippen molar-refractivity contribution in [2.45, 2.75) is 13.8 Å². The number of nitrogen functional groups attached to an aromatic ring is 1. The van der Waals surface area contributed by atoms with E-state index in [4.69, 9.17) is 10.5 Å². The van der Waals surface area contributed by atoms with Crippen LogP contribution in [-0.2, 0) is 0 Å². The fourth-order valence-corrected chi connectivity index (χ4v) is 1.82. The second kappa shape index (κ2) is 4.41. The lowest BCUT2D eigenvalue weighted by molar-refractivity contribution is 0.411. The van der Waals surface area contributed by atoms with E-state index in [1.165, 1.54) is 0 Å². The largest absolute Gasteiger partial charge is 0.496 e. The molecule has 4 nitrogen and oxygen atoms in total. The molecular formula is C13H15N3O. The summed E-state index contributed by atoms with van der Waals surface area (Å²) in [4.78, 5) is 8.12. The van der Waals surface area contributed by atoms with Gasteiger partial charge in [-0.1, -0.05) is 0 Å². The van der Waals surface area contributed by atoms with Gasteiger partial charge in [0.25, 0.3) is 0 Å². The Morgan fingerprint density at radius 3 is 2.53 bits per heavy atom. The van der Waals surface area contributed by atoms with E-state index in [0.717, 1.165) is 28.1 Å². The minimum absolute atomic E-state index is 0.287. The summed E-state index contributed by atoms with van der Waals surface area (Å²) in [7, 11) is 1.67. The van der Waals surface area contributed by atoms with Crippen molar-refractivity contribution < 1.29 is 4.74 Å². The molecule has 4 heteroatoms. The molecule has 0 aliphatic rings. The van der Waals surface area contributed by atoms with E-state index in [-0.39, 0.29) is 5.95 Å². The maximum absolute atomic E-state index is 5.59. The summed E-state index contributed by atoms with van der Waals surface area (Å²) >= 11 is 0. The summed E-state index contributed by atoms with van der Waals surface area (Å²) in [5.41, 5.74) is 9.73. The molecule has 1 heterocycles. The lowest BCUT2D eigenvalue weighted by Gasteiger charge is -2.12. The molecule has 1 aromatic carbocycles. The molecule has 2 aromatic rings. The minimum atomic E-state index is 0.287.